The number of para-hydroxylation sites is 1. The van der Waals surface area contributed by atoms with Gasteiger partial charge in [-0.05, 0) is 24.5 Å². The minimum atomic E-state index is 0.452. The molecule has 0 heterocycles. The van der Waals surface area contributed by atoms with Crippen LogP contribution in [0.3, 0.4) is 0 Å². The number of phenols is 1. The highest BCUT2D eigenvalue weighted by molar-refractivity contribution is 5.31. The summed E-state index contributed by atoms with van der Waals surface area (Å²) >= 11 is 0. The van der Waals surface area contributed by atoms with Crippen molar-refractivity contribution >= 4 is 6.79 Å². The quantitative estimate of drug-likeness (QED) is 0.690. The Bertz CT molecular complexity index is 297. The molecule has 0 amide bonds. The van der Waals surface area contributed by atoms with Crippen LogP contribution in [0.1, 0.15) is 57.4 Å². The third-order valence-electron chi connectivity index (χ3n) is 3.04. The van der Waals surface area contributed by atoms with Crippen LogP contribution in [0, 0.1) is 0 Å². The maximum atomic E-state index is 9.58. The summed E-state index contributed by atoms with van der Waals surface area (Å²) in [5.74, 6) is 0.452. The fourth-order valence-electron chi connectivity index (χ4n) is 1.99. The van der Waals surface area contributed by atoms with E-state index in [0.29, 0.717) is 5.75 Å². The molecule has 0 aliphatic carbocycles. The van der Waals surface area contributed by atoms with Crippen molar-refractivity contribution in [2.45, 2.75) is 58.3 Å². The Hall–Kier alpha value is -1.31. The van der Waals surface area contributed by atoms with Crippen molar-refractivity contribution in [3.05, 3.63) is 29.8 Å². The second-order valence-corrected chi connectivity index (χ2v) is 4.50. The molecule has 0 unspecified atom stereocenters. The molecular weight excluding hydrogens is 224 g/mol. The maximum Gasteiger partial charge on any atom is 0.118 e. The first kappa shape index (κ1) is 16.7. The number of unbranched alkanes of at least 4 members (excludes halogenated alkanes) is 6. The number of hydrogen-bond acceptors (Lipinski definition) is 2. The molecule has 0 aliphatic rings. The van der Waals surface area contributed by atoms with Crippen LogP contribution in [-0.2, 0) is 11.2 Å². The van der Waals surface area contributed by atoms with Gasteiger partial charge in [-0.15, -0.1) is 0 Å². The van der Waals surface area contributed by atoms with E-state index in [-0.39, 0.29) is 0 Å². The SMILES string of the molecule is C=O.CCCCCCCCCc1ccccc1O. The molecule has 1 rings (SSSR count). The Morgan fingerprint density at radius 1 is 0.944 bits per heavy atom. The molecule has 0 saturated heterocycles. The van der Waals surface area contributed by atoms with Gasteiger partial charge in [-0.2, -0.15) is 0 Å². The lowest BCUT2D eigenvalue weighted by atomic mass is 10.0. The zero-order valence-electron chi connectivity index (χ0n) is 11.5. The number of hydrogen-bond donors (Lipinski definition) is 1. The molecule has 0 aliphatic heterocycles. The summed E-state index contributed by atoms with van der Waals surface area (Å²) in [6.45, 7) is 4.25. The fraction of sp³-hybridized carbons (Fsp3) is 0.562. The lowest BCUT2D eigenvalue weighted by Gasteiger charge is -2.04. The van der Waals surface area contributed by atoms with Gasteiger partial charge >= 0.3 is 0 Å². The number of carbonyl (C=O) groups is 1. The van der Waals surface area contributed by atoms with Crippen LogP contribution in [-0.4, -0.2) is 11.9 Å². The summed E-state index contributed by atoms with van der Waals surface area (Å²) in [7, 11) is 0. The summed E-state index contributed by atoms with van der Waals surface area (Å²) in [6, 6.07) is 7.67. The van der Waals surface area contributed by atoms with Crippen LogP contribution in [0.5, 0.6) is 5.75 Å². The van der Waals surface area contributed by atoms with E-state index in [4.69, 9.17) is 4.79 Å². The van der Waals surface area contributed by atoms with E-state index in [1.165, 1.54) is 44.9 Å². The minimum Gasteiger partial charge on any atom is -0.508 e. The molecule has 0 bridgehead atoms. The van der Waals surface area contributed by atoms with Gasteiger partial charge in [0.05, 0.1) is 0 Å². The average molecular weight is 250 g/mol. The van der Waals surface area contributed by atoms with Crippen molar-refractivity contribution in [1.29, 1.82) is 0 Å². The normalized spacial score (nSPS) is 9.61. The Morgan fingerprint density at radius 2 is 1.50 bits per heavy atom. The van der Waals surface area contributed by atoms with Gasteiger partial charge in [-0.1, -0.05) is 63.6 Å². The molecule has 0 aromatic heterocycles. The zero-order chi connectivity index (χ0) is 13.6. The van der Waals surface area contributed by atoms with Gasteiger partial charge in [-0.25, -0.2) is 0 Å². The Morgan fingerprint density at radius 3 is 2.11 bits per heavy atom. The van der Waals surface area contributed by atoms with E-state index in [2.05, 4.69) is 6.92 Å². The molecule has 1 aromatic carbocycles. The molecule has 0 radical (unpaired) electrons. The molecule has 0 spiro atoms. The molecule has 2 heteroatoms. The predicted molar refractivity (Wildman–Crippen MR) is 76.9 cm³/mol. The summed E-state index contributed by atoms with van der Waals surface area (Å²) in [4.78, 5) is 8.00. The number of rotatable bonds is 8. The van der Waals surface area contributed by atoms with E-state index in [1.54, 1.807) is 6.07 Å². The first-order valence-corrected chi connectivity index (χ1v) is 6.90. The Balaban J connectivity index is 0.00000137. The second kappa shape index (κ2) is 12.2. The highest BCUT2D eigenvalue weighted by Crippen LogP contribution is 2.18. The molecule has 0 saturated carbocycles. The Kier molecular flexibility index (Phi) is 11.3. The zero-order valence-corrected chi connectivity index (χ0v) is 11.5. The van der Waals surface area contributed by atoms with Gasteiger partial charge in [0.2, 0.25) is 0 Å². The van der Waals surface area contributed by atoms with Crippen molar-refractivity contribution < 1.29 is 9.90 Å². The smallest absolute Gasteiger partial charge is 0.118 e. The van der Waals surface area contributed by atoms with Crippen LogP contribution in [0.4, 0.5) is 0 Å². The number of aromatic hydroxyl groups is 1. The standard InChI is InChI=1S/C15H24O.CH2O/c1-2-3-4-5-6-7-8-11-14-12-9-10-13-15(14)16;1-2/h9-10,12-13,16H,2-8,11H2,1H3;1H2. The van der Waals surface area contributed by atoms with Gasteiger partial charge in [0.15, 0.2) is 0 Å². The molecule has 1 aromatic rings. The summed E-state index contributed by atoms with van der Waals surface area (Å²) in [6.07, 6.45) is 10.3. The van der Waals surface area contributed by atoms with Crippen LogP contribution in [0.25, 0.3) is 0 Å². The lowest BCUT2D eigenvalue weighted by molar-refractivity contribution is -0.0979. The van der Waals surface area contributed by atoms with Gasteiger partial charge in [-0.3, -0.25) is 0 Å². The number of aryl methyl sites for hydroxylation is 1. The van der Waals surface area contributed by atoms with Gasteiger partial charge in [0.1, 0.15) is 12.5 Å². The second-order valence-electron chi connectivity index (χ2n) is 4.50. The molecule has 18 heavy (non-hydrogen) atoms. The molecular formula is C16H26O2. The van der Waals surface area contributed by atoms with E-state index < -0.39 is 0 Å². The molecule has 2 nitrogen and oxygen atoms in total. The summed E-state index contributed by atoms with van der Waals surface area (Å²) < 4.78 is 0. The van der Waals surface area contributed by atoms with Gasteiger partial charge in [0, 0.05) is 0 Å². The molecule has 0 fully saturated rings. The first-order chi connectivity index (χ1) is 8.84. The van der Waals surface area contributed by atoms with Crippen molar-refractivity contribution in [3.63, 3.8) is 0 Å². The predicted octanol–water partition coefficient (Wildman–Crippen LogP) is 4.50. The largest absolute Gasteiger partial charge is 0.508 e. The number of phenolic OH excluding ortho intramolecular Hbond substituents is 1. The summed E-state index contributed by atoms with van der Waals surface area (Å²) in [5.41, 5.74) is 1.09. The van der Waals surface area contributed by atoms with Crippen LogP contribution >= 0.6 is 0 Å². The van der Waals surface area contributed by atoms with Crippen molar-refractivity contribution in [1.82, 2.24) is 0 Å². The van der Waals surface area contributed by atoms with Gasteiger partial charge in [0.25, 0.3) is 0 Å². The topological polar surface area (TPSA) is 37.3 Å². The molecule has 0 atom stereocenters. The van der Waals surface area contributed by atoms with Crippen LogP contribution < -0.4 is 0 Å². The van der Waals surface area contributed by atoms with Crippen molar-refractivity contribution in [2.24, 2.45) is 0 Å². The Labute approximate surface area is 111 Å². The highest BCUT2D eigenvalue weighted by Gasteiger charge is 1.98. The van der Waals surface area contributed by atoms with Crippen LogP contribution in [0.2, 0.25) is 0 Å². The third kappa shape index (κ3) is 7.88. The van der Waals surface area contributed by atoms with Crippen molar-refractivity contribution in [3.8, 4) is 5.75 Å². The highest BCUT2D eigenvalue weighted by atomic mass is 16.3. The minimum absolute atomic E-state index is 0.452. The number of carbonyl (C=O) groups excluding carboxylic acids is 1. The summed E-state index contributed by atoms with van der Waals surface area (Å²) in [5, 5.41) is 9.58. The van der Waals surface area contributed by atoms with Crippen molar-refractivity contribution in [2.75, 3.05) is 0 Å². The lowest BCUT2D eigenvalue weighted by Crippen LogP contribution is -1.87. The third-order valence-corrected chi connectivity index (χ3v) is 3.04. The van der Waals surface area contributed by atoms with Crippen LogP contribution in [0.15, 0.2) is 24.3 Å². The average Bonchev–Trinajstić information content (AvgIpc) is 2.42. The number of benzene rings is 1. The first-order valence-electron chi connectivity index (χ1n) is 6.90. The molecule has 102 valence electrons. The van der Waals surface area contributed by atoms with Gasteiger partial charge < -0.3 is 9.90 Å². The molecule has 1 N–H and O–H groups in total. The maximum absolute atomic E-state index is 9.58. The van der Waals surface area contributed by atoms with E-state index in [1.807, 2.05) is 25.0 Å². The fourth-order valence-corrected chi connectivity index (χ4v) is 1.99. The van der Waals surface area contributed by atoms with E-state index in [0.717, 1.165) is 12.0 Å². The van der Waals surface area contributed by atoms with E-state index in [9.17, 15) is 5.11 Å². The monoisotopic (exact) mass is 250 g/mol. The van der Waals surface area contributed by atoms with E-state index >= 15 is 0 Å².